The fourth-order valence-corrected chi connectivity index (χ4v) is 3.50. The van der Waals surface area contributed by atoms with E-state index in [2.05, 4.69) is 38.4 Å². The minimum atomic E-state index is -0.0875. The van der Waals surface area contributed by atoms with Gasteiger partial charge in [0.2, 0.25) is 0 Å². The number of hydrogen-bond acceptors (Lipinski definition) is 3. The van der Waals surface area contributed by atoms with Gasteiger partial charge >= 0.3 is 0 Å². The van der Waals surface area contributed by atoms with Crippen molar-refractivity contribution in [2.45, 2.75) is 25.2 Å². The smallest absolute Gasteiger partial charge is 0.252 e. The van der Waals surface area contributed by atoms with Gasteiger partial charge in [0, 0.05) is 41.5 Å². The third-order valence-corrected chi connectivity index (χ3v) is 5.14. The highest BCUT2D eigenvalue weighted by Gasteiger charge is 2.35. The fourth-order valence-electron chi connectivity index (χ4n) is 3.10. The minimum absolute atomic E-state index is 0.0802. The Morgan fingerprint density at radius 1 is 1.29 bits per heavy atom. The van der Waals surface area contributed by atoms with Crippen molar-refractivity contribution in [1.29, 1.82) is 0 Å². The van der Waals surface area contributed by atoms with Crippen LogP contribution in [0.2, 0.25) is 0 Å². The van der Waals surface area contributed by atoms with Crippen LogP contribution in [0, 0.1) is 6.92 Å². The van der Waals surface area contributed by atoms with Crippen LogP contribution in [0.5, 0.6) is 0 Å². The average Bonchev–Trinajstić information content (AvgIpc) is 2.61. The number of carbonyl (C=O) groups excluding carboxylic acids is 1. The molecule has 1 aromatic carbocycles. The molecule has 1 aliphatic heterocycles. The first-order chi connectivity index (χ1) is 11.6. The predicted molar refractivity (Wildman–Crippen MR) is 97.2 cm³/mol. The molecule has 1 saturated heterocycles. The van der Waals surface area contributed by atoms with Crippen LogP contribution in [-0.4, -0.2) is 30.6 Å². The summed E-state index contributed by atoms with van der Waals surface area (Å²) in [5.74, 6) is -0.0802. The summed E-state index contributed by atoms with van der Waals surface area (Å²) in [6, 6.07) is 12.0. The van der Waals surface area contributed by atoms with E-state index in [1.807, 2.05) is 31.2 Å². The lowest BCUT2D eigenvalue weighted by molar-refractivity contribution is 0.0487. The molecule has 2 aromatic rings. The van der Waals surface area contributed by atoms with E-state index >= 15 is 0 Å². The number of ether oxygens (including phenoxy) is 1. The van der Waals surface area contributed by atoms with Gasteiger partial charge in [0.1, 0.15) is 0 Å². The van der Waals surface area contributed by atoms with Crippen molar-refractivity contribution < 1.29 is 9.53 Å². The second-order valence-electron chi connectivity index (χ2n) is 6.27. The molecule has 3 rings (SSSR count). The molecule has 0 saturated carbocycles. The van der Waals surface area contributed by atoms with Gasteiger partial charge < -0.3 is 10.1 Å². The number of benzene rings is 1. The molecular weight excluding hydrogens is 368 g/mol. The van der Waals surface area contributed by atoms with E-state index in [9.17, 15) is 4.79 Å². The second kappa shape index (κ2) is 7.45. The van der Waals surface area contributed by atoms with E-state index < -0.39 is 0 Å². The van der Waals surface area contributed by atoms with Crippen LogP contribution in [0.4, 0.5) is 0 Å². The molecule has 2 heterocycles. The maximum atomic E-state index is 12.4. The van der Waals surface area contributed by atoms with Gasteiger partial charge in [-0.1, -0.05) is 28.1 Å². The second-order valence-corrected chi connectivity index (χ2v) is 7.19. The van der Waals surface area contributed by atoms with Crippen LogP contribution in [-0.2, 0) is 10.2 Å². The standard InChI is InChI=1S/C19H21BrN2O2/c1-14-5-6-15(12-21-14)18(23)22-13-19(7-9-24-10-8-19)16-3-2-4-17(20)11-16/h2-6,11-12H,7-10,13H2,1H3,(H,22,23). The molecule has 1 fully saturated rings. The molecule has 24 heavy (non-hydrogen) atoms. The molecule has 1 amide bonds. The van der Waals surface area contributed by atoms with Crippen LogP contribution in [0.25, 0.3) is 0 Å². The first-order valence-corrected chi connectivity index (χ1v) is 8.93. The lowest BCUT2D eigenvalue weighted by atomic mass is 9.74. The lowest BCUT2D eigenvalue weighted by Gasteiger charge is -2.38. The molecule has 0 atom stereocenters. The SMILES string of the molecule is Cc1ccc(C(=O)NCC2(c3cccc(Br)c3)CCOCC2)cn1. The summed E-state index contributed by atoms with van der Waals surface area (Å²) in [6.07, 6.45) is 3.42. The zero-order valence-electron chi connectivity index (χ0n) is 13.7. The van der Waals surface area contributed by atoms with Crippen molar-refractivity contribution in [1.82, 2.24) is 10.3 Å². The molecule has 4 nitrogen and oxygen atoms in total. The number of amides is 1. The van der Waals surface area contributed by atoms with Crippen molar-refractivity contribution >= 4 is 21.8 Å². The molecule has 126 valence electrons. The Labute approximate surface area is 150 Å². The van der Waals surface area contributed by atoms with E-state index in [1.165, 1.54) is 5.56 Å². The summed E-state index contributed by atoms with van der Waals surface area (Å²) in [5, 5.41) is 3.10. The molecular formula is C19H21BrN2O2. The van der Waals surface area contributed by atoms with Gasteiger partial charge in [0.25, 0.3) is 5.91 Å². The highest BCUT2D eigenvalue weighted by Crippen LogP contribution is 2.35. The Morgan fingerprint density at radius 2 is 2.08 bits per heavy atom. The van der Waals surface area contributed by atoms with Gasteiger partial charge in [-0.2, -0.15) is 0 Å². The monoisotopic (exact) mass is 388 g/mol. The molecule has 0 unspecified atom stereocenters. The molecule has 0 radical (unpaired) electrons. The molecule has 0 spiro atoms. The third-order valence-electron chi connectivity index (χ3n) is 4.65. The number of halogens is 1. The highest BCUT2D eigenvalue weighted by atomic mass is 79.9. The van der Waals surface area contributed by atoms with Gasteiger partial charge in [-0.3, -0.25) is 9.78 Å². The molecule has 0 aliphatic carbocycles. The summed E-state index contributed by atoms with van der Waals surface area (Å²) in [7, 11) is 0. The van der Waals surface area contributed by atoms with Crippen LogP contribution in [0.15, 0.2) is 47.1 Å². The van der Waals surface area contributed by atoms with Gasteiger partial charge in [-0.25, -0.2) is 0 Å². The van der Waals surface area contributed by atoms with E-state index in [1.54, 1.807) is 6.20 Å². The molecule has 0 bridgehead atoms. The van der Waals surface area contributed by atoms with Gasteiger partial charge in [0.15, 0.2) is 0 Å². The van der Waals surface area contributed by atoms with Crippen molar-refractivity contribution in [3.63, 3.8) is 0 Å². The Hall–Kier alpha value is -1.72. The number of pyridine rings is 1. The Kier molecular flexibility index (Phi) is 5.31. The number of nitrogens with one attached hydrogen (secondary N) is 1. The number of aryl methyl sites for hydroxylation is 1. The van der Waals surface area contributed by atoms with Crippen LogP contribution < -0.4 is 5.32 Å². The normalized spacial score (nSPS) is 16.6. The Bertz CT molecular complexity index is 710. The summed E-state index contributed by atoms with van der Waals surface area (Å²) in [5.41, 5.74) is 2.65. The number of nitrogens with zero attached hydrogens (tertiary/aromatic N) is 1. The van der Waals surface area contributed by atoms with Crippen molar-refractivity contribution in [3.05, 3.63) is 63.9 Å². The van der Waals surface area contributed by atoms with Gasteiger partial charge in [0.05, 0.1) is 5.56 Å². The lowest BCUT2D eigenvalue weighted by Crippen LogP contribution is -2.44. The van der Waals surface area contributed by atoms with Gasteiger partial charge in [-0.15, -0.1) is 0 Å². The highest BCUT2D eigenvalue weighted by molar-refractivity contribution is 9.10. The average molecular weight is 389 g/mol. The number of aromatic nitrogens is 1. The van der Waals surface area contributed by atoms with Crippen LogP contribution in [0.1, 0.15) is 34.5 Å². The minimum Gasteiger partial charge on any atom is -0.381 e. The van der Waals surface area contributed by atoms with Crippen molar-refractivity contribution in [2.75, 3.05) is 19.8 Å². The summed E-state index contributed by atoms with van der Waals surface area (Å²) in [6.45, 7) is 3.94. The molecule has 1 aliphatic rings. The molecule has 1 N–H and O–H groups in total. The Balaban J connectivity index is 1.77. The van der Waals surface area contributed by atoms with Crippen molar-refractivity contribution in [2.24, 2.45) is 0 Å². The van der Waals surface area contributed by atoms with Crippen molar-refractivity contribution in [3.8, 4) is 0 Å². The summed E-state index contributed by atoms with van der Waals surface area (Å²) < 4.78 is 6.60. The maximum absolute atomic E-state index is 12.4. The van der Waals surface area contributed by atoms with E-state index in [-0.39, 0.29) is 11.3 Å². The first kappa shape index (κ1) is 17.1. The zero-order chi connectivity index (χ0) is 17.0. The van der Waals surface area contributed by atoms with E-state index in [4.69, 9.17) is 4.74 Å². The largest absolute Gasteiger partial charge is 0.381 e. The quantitative estimate of drug-likeness (QED) is 0.869. The molecule has 1 aromatic heterocycles. The third kappa shape index (κ3) is 3.84. The topological polar surface area (TPSA) is 51.2 Å². The van der Waals surface area contributed by atoms with E-state index in [0.29, 0.717) is 25.3 Å². The molecule has 5 heteroatoms. The van der Waals surface area contributed by atoms with Crippen LogP contribution in [0.3, 0.4) is 0 Å². The summed E-state index contributed by atoms with van der Waals surface area (Å²) >= 11 is 3.55. The number of hydrogen-bond donors (Lipinski definition) is 1. The maximum Gasteiger partial charge on any atom is 0.252 e. The van der Waals surface area contributed by atoms with E-state index in [0.717, 1.165) is 23.0 Å². The fraction of sp³-hybridized carbons (Fsp3) is 0.368. The number of carbonyl (C=O) groups is 1. The predicted octanol–water partition coefficient (Wildman–Crippen LogP) is 3.63. The zero-order valence-corrected chi connectivity index (χ0v) is 15.3. The Morgan fingerprint density at radius 3 is 2.75 bits per heavy atom. The van der Waals surface area contributed by atoms with Gasteiger partial charge in [-0.05, 0) is 49.6 Å². The summed E-state index contributed by atoms with van der Waals surface area (Å²) in [4.78, 5) is 16.6. The first-order valence-electron chi connectivity index (χ1n) is 8.14. The number of rotatable bonds is 4. The van der Waals surface area contributed by atoms with Crippen LogP contribution >= 0.6 is 15.9 Å².